The number of esters is 2. The fraction of sp³-hybridized carbons (Fsp3) is 0.897. The van der Waals surface area contributed by atoms with Gasteiger partial charge < -0.3 is 18.9 Å². The molecule has 10 heteroatoms. The number of rotatable bonds is 36. The van der Waals surface area contributed by atoms with Crippen molar-refractivity contribution in [2.45, 2.75) is 180 Å². The Morgan fingerprint density at radius 2 is 1.04 bits per heavy atom. The van der Waals surface area contributed by atoms with Crippen molar-refractivity contribution < 1.29 is 42.1 Å². The van der Waals surface area contributed by atoms with Gasteiger partial charge in [0.1, 0.15) is 19.8 Å². The van der Waals surface area contributed by atoms with Crippen molar-refractivity contribution in [1.29, 1.82) is 0 Å². The Hall–Kier alpha value is -1.25. The summed E-state index contributed by atoms with van der Waals surface area (Å²) in [4.78, 5) is 35.1. The van der Waals surface area contributed by atoms with Gasteiger partial charge in [0.25, 0.3) is 0 Å². The Morgan fingerprint density at radius 1 is 0.612 bits per heavy atom. The van der Waals surface area contributed by atoms with E-state index in [2.05, 4.69) is 26.0 Å². The molecule has 0 saturated heterocycles. The molecule has 0 aromatic rings. The topological polar surface area (TPSA) is 108 Å². The molecule has 1 N–H and O–H groups in total. The Kier molecular flexibility index (Phi) is 31.8. The van der Waals surface area contributed by atoms with Gasteiger partial charge in [-0.25, -0.2) is 4.57 Å². The summed E-state index contributed by atoms with van der Waals surface area (Å²) in [5.74, 6) is -0.804. The molecule has 0 heterocycles. The number of quaternary nitrogens is 1. The number of hydrogen-bond acceptors (Lipinski definition) is 7. The van der Waals surface area contributed by atoms with Crippen LogP contribution in [-0.2, 0) is 32.7 Å². The zero-order chi connectivity index (χ0) is 36.5. The van der Waals surface area contributed by atoms with Crippen molar-refractivity contribution in [3.8, 4) is 0 Å². The molecule has 1 unspecified atom stereocenters. The fourth-order valence-electron chi connectivity index (χ4n) is 5.36. The number of allylic oxidation sites excluding steroid dienone is 2. The van der Waals surface area contributed by atoms with Crippen LogP contribution in [0.5, 0.6) is 0 Å². The van der Waals surface area contributed by atoms with Crippen molar-refractivity contribution >= 4 is 19.8 Å². The standard InChI is InChI=1S/C39H76NO8P/c1-6-8-10-12-14-16-17-18-19-20-21-22-23-24-26-27-29-31-38(41)45-35-37(36-47-49(43,44)46-34-33-40(3,4)5)48-39(42)32-30-28-25-15-13-11-9-7-2/h18-19,37H,6-17,20-36H2,1-5H3/p+1/b19-18+/t37-/m0/s1. The minimum absolute atomic E-state index is 0.0336. The molecule has 290 valence electrons. The van der Waals surface area contributed by atoms with Crippen LogP contribution in [0.25, 0.3) is 0 Å². The van der Waals surface area contributed by atoms with Gasteiger partial charge in [-0.15, -0.1) is 0 Å². The molecule has 0 aromatic carbocycles. The first-order valence-electron chi connectivity index (χ1n) is 19.9. The molecule has 0 saturated carbocycles. The molecule has 49 heavy (non-hydrogen) atoms. The predicted molar refractivity (Wildman–Crippen MR) is 201 cm³/mol. The maximum Gasteiger partial charge on any atom is 0.472 e. The Bertz CT molecular complexity index is 860. The van der Waals surface area contributed by atoms with E-state index in [9.17, 15) is 19.0 Å². The molecule has 0 aliphatic carbocycles. The fourth-order valence-corrected chi connectivity index (χ4v) is 6.10. The van der Waals surface area contributed by atoms with E-state index in [-0.39, 0.29) is 32.0 Å². The molecule has 0 rings (SSSR count). The summed E-state index contributed by atoms with van der Waals surface area (Å²) in [5, 5.41) is 0. The van der Waals surface area contributed by atoms with Gasteiger partial charge in [-0.1, -0.05) is 135 Å². The van der Waals surface area contributed by atoms with Gasteiger partial charge in [-0.2, -0.15) is 0 Å². The van der Waals surface area contributed by atoms with Crippen molar-refractivity contribution in [2.24, 2.45) is 0 Å². The highest BCUT2D eigenvalue weighted by molar-refractivity contribution is 7.47. The molecule has 0 spiro atoms. The lowest BCUT2D eigenvalue weighted by atomic mass is 10.1. The van der Waals surface area contributed by atoms with Crippen molar-refractivity contribution in [3.05, 3.63) is 12.2 Å². The van der Waals surface area contributed by atoms with Gasteiger partial charge in [0.15, 0.2) is 6.10 Å². The number of likely N-dealkylation sites (N-methyl/N-ethyl adjacent to an activating group) is 1. The Balaban J connectivity index is 4.30. The number of carbonyl (C=O) groups is 2. The first-order valence-corrected chi connectivity index (χ1v) is 21.4. The average molecular weight is 719 g/mol. The quantitative estimate of drug-likeness (QED) is 0.0224. The zero-order valence-corrected chi connectivity index (χ0v) is 33.3. The third-order valence-corrected chi connectivity index (χ3v) is 9.53. The molecule has 0 amide bonds. The molecular weight excluding hydrogens is 641 g/mol. The minimum atomic E-state index is -4.36. The molecule has 0 bridgehead atoms. The van der Waals surface area contributed by atoms with Crippen LogP contribution in [-0.4, -0.2) is 74.9 Å². The van der Waals surface area contributed by atoms with Crippen LogP contribution in [0.4, 0.5) is 0 Å². The number of carbonyl (C=O) groups excluding carboxylic acids is 2. The monoisotopic (exact) mass is 719 g/mol. The van der Waals surface area contributed by atoms with E-state index in [1.165, 1.54) is 109 Å². The molecule has 2 atom stereocenters. The largest absolute Gasteiger partial charge is 0.472 e. The molecular formula is C39H77NO8P+. The SMILES string of the molecule is CCCCCCCC/C=C/CCCCCCCCCC(=O)OC[C@@H](COP(=O)(O)OCC[N+](C)(C)C)OC(=O)CCCCCCCCCC. The van der Waals surface area contributed by atoms with Crippen molar-refractivity contribution in [1.82, 2.24) is 0 Å². The first kappa shape index (κ1) is 47.8. The van der Waals surface area contributed by atoms with E-state index < -0.39 is 26.5 Å². The smallest absolute Gasteiger partial charge is 0.462 e. The Labute approximate surface area is 301 Å². The second-order valence-electron chi connectivity index (χ2n) is 14.7. The van der Waals surface area contributed by atoms with E-state index in [1.807, 2.05) is 21.1 Å². The number of unbranched alkanes of at least 4 members (excludes halogenated alkanes) is 20. The third kappa shape index (κ3) is 36.3. The van der Waals surface area contributed by atoms with Crippen LogP contribution in [0.15, 0.2) is 12.2 Å². The third-order valence-electron chi connectivity index (χ3n) is 8.55. The highest BCUT2D eigenvalue weighted by atomic mass is 31.2. The molecule has 0 aromatic heterocycles. The molecule has 0 fully saturated rings. The van der Waals surface area contributed by atoms with Crippen molar-refractivity contribution in [2.75, 3.05) is 47.5 Å². The van der Waals surface area contributed by atoms with E-state index in [0.29, 0.717) is 17.4 Å². The zero-order valence-electron chi connectivity index (χ0n) is 32.4. The molecule has 0 radical (unpaired) electrons. The minimum Gasteiger partial charge on any atom is -0.462 e. The van der Waals surface area contributed by atoms with Gasteiger partial charge in [-0.05, 0) is 38.5 Å². The number of nitrogens with zero attached hydrogens (tertiary/aromatic N) is 1. The summed E-state index contributed by atoms with van der Waals surface area (Å²) in [7, 11) is 1.48. The molecule has 9 nitrogen and oxygen atoms in total. The van der Waals surface area contributed by atoms with Crippen LogP contribution < -0.4 is 0 Å². The normalized spacial score (nSPS) is 13.8. The summed E-state index contributed by atoms with van der Waals surface area (Å²) in [6, 6.07) is 0. The lowest BCUT2D eigenvalue weighted by Gasteiger charge is -2.24. The predicted octanol–water partition coefficient (Wildman–Crippen LogP) is 10.6. The number of phosphoric acid groups is 1. The van der Waals surface area contributed by atoms with Gasteiger partial charge in [0.2, 0.25) is 0 Å². The summed E-state index contributed by atoms with van der Waals surface area (Å²) in [5.41, 5.74) is 0. The second-order valence-corrected chi connectivity index (χ2v) is 16.1. The summed E-state index contributed by atoms with van der Waals surface area (Å²) < 4.78 is 34.1. The van der Waals surface area contributed by atoms with Gasteiger partial charge in [-0.3, -0.25) is 18.6 Å². The number of hydrogen-bond donors (Lipinski definition) is 1. The van der Waals surface area contributed by atoms with Crippen LogP contribution in [0.1, 0.15) is 174 Å². The van der Waals surface area contributed by atoms with E-state index in [4.69, 9.17) is 18.5 Å². The van der Waals surface area contributed by atoms with Crippen LogP contribution in [0, 0.1) is 0 Å². The first-order chi connectivity index (χ1) is 23.5. The highest BCUT2D eigenvalue weighted by Gasteiger charge is 2.27. The summed E-state index contributed by atoms with van der Waals surface area (Å²) in [6.45, 7) is 4.38. The number of ether oxygens (including phenoxy) is 2. The lowest BCUT2D eigenvalue weighted by molar-refractivity contribution is -0.870. The van der Waals surface area contributed by atoms with E-state index in [0.717, 1.165) is 32.1 Å². The maximum atomic E-state index is 12.5. The summed E-state index contributed by atoms with van der Waals surface area (Å²) in [6.07, 6.45) is 31.2. The summed E-state index contributed by atoms with van der Waals surface area (Å²) >= 11 is 0. The number of phosphoric ester groups is 1. The molecule has 0 aliphatic rings. The van der Waals surface area contributed by atoms with Gasteiger partial charge in [0.05, 0.1) is 27.7 Å². The van der Waals surface area contributed by atoms with Gasteiger partial charge in [0, 0.05) is 12.8 Å². The molecule has 0 aliphatic heterocycles. The maximum absolute atomic E-state index is 12.5. The van der Waals surface area contributed by atoms with Crippen LogP contribution in [0.3, 0.4) is 0 Å². The van der Waals surface area contributed by atoms with Crippen LogP contribution >= 0.6 is 7.82 Å². The van der Waals surface area contributed by atoms with Crippen molar-refractivity contribution in [3.63, 3.8) is 0 Å². The second kappa shape index (κ2) is 32.6. The average Bonchev–Trinajstić information content (AvgIpc) is 3.04. The Morgan fingerprint density at radius 3 is 1.51 bits per heavy atom. The van der Waals surface area contributed by atoms with E-state index >= 15 is 0 Å². The highest BCUT2D eigenvalue weighted by Crippen LogP contribution is 2.43. The van der Waals surface area contributed by atoms with Gasteiger partial charge >= 0.3 is 19.8 Å². The lowest BCUT2D eigenvalue weighted by Crippen LogP contribution is -2.37. The van der Waals surface area contributed by atoms with Crippen LogP contribution in [0.2, 0.25) is 0 Å². The van der Waals surface area contributed by atoms with E-state index in [1.54, 1.807) is 0 Å².